The van der Waals surface area contributed by atoms with Gasteiger partial charge in [0.1, 0.15) is 6.54 Å². The molecule has 0 atom stereocenters. The van der Waals surface area contributed by atoms with Crippen LogP contribution >= 0.6 is 0 Å². The maximum atomic E-state index is 12.7. The zero-order chi connectivity index (χ0) is 20.2. The van der Waals surface area contributed by atoms with Crippen LogP contribution in [0.4, 0.5) is 10.5 Å². The average Bonchev–Trinajstić information content (AvgIpc) is 3.14. The summed E-state index contributed by atoms with van der Waals surface area (Å²) in [6.45, 7) is 4.76. The number of esters is 1. The van der Waals surface area contributed by atoms with Gasteiger partial charge in [0.05, 0.1) is 37.3 Å². The molecule has 1 saturated heterocycles. The number of urea groups is 1. The van der Waals surface area contributed by atoms with Gasteiger partial charge < -0.3 is 19.9 Å². The third kappa shape index (κ3) is 4.18. The first-order chi connectivity index (χ1) is 14.2. The van der Waals surface area contributed by atoms with E-state index in [-0.39, 0.29) is 19.2 Å². The molecule has 2 aromatic rings. The third-order valence-electron chi connectivity index (χ3n) is 5.32. The van der Waals surface area contributed by atoms with Crippen LogP contribution in [0.25, 0.3) is 5.69 Å². The molecule has 0 aliphatic carbocycles. The predicted octanol–water partition coefficient (Wildman–Crippen LogP) is 1.85. The minimum atomic E-state index is -0.449. The molecular formula is C20H26N6O3. The zero-order valence-electron chi connectivity index (χ0n) is 16.6. The number of rotatable bonds is 4. The Kier molecular flexibility index (Phi) is 5.64. The molecule has 2 amide bonds. The second-order valence-electron chi connectivity index (χ2n) is 7.32. The molecule has 4 rings (SSSR count). The Balaban J connectivity index is 1.58. The van der Waals surface area contributed by atoms with Crippen LogP contribution in [-0.2, 0) is 22.6 Å². The molecule has 1 N–H and O–H groups in total. The second kappa shape index (κ2) is 8.50. The van der Waals surface area contributed by atoms with E-state index in [0.29, 0.717) is 13.1 Å². The quantitative estimate of drug-likeness (QED) is 0.790. The van der Waals surface area contributed by atoms with Gasteiger partial charge in [-0.05, 0) is 49.9 Å². The Morgan fingerprint density at radius 1 is 1.17 bits per heavy atom. The number of carbonyl (C=O) groups is 2. The van der Waals surface area contributed by atoms with E-state index in [0.717, 1.165) is 30.0 Å². The molecule has 154 valence electrons. The Morgan fingerprint density at radius 3 is 2.79 bits per heavy atom. The third-order valence-corrected chi connectivity index (χ3v) is 5.32. The lowest BCUT2D eigenvalue weighted by molar-refractivity contribution is -0.141. The summed E-state index contributed by atoms with van der Waals surface area (Å²) in [5.41, 5.74) is 3.92. The van der Waals surface area contributed by atoms with Gasteiger partial charge >= 0.3 is 12.0 Å². The number of nitrogens with one attached hydrogen (secondary N) is 1. The van der Waals surface area contributed by atoms with Gasteiger partial charge in [0.2, 0.25) is 0 Å². The van der Waals surface area contributed by atoms with Crippen molar-refractivity contribution in [3.63, 3.8) is 0 Å². The number of aromatic nitrogens is 3. The van der Waals surface area contributed by atoms with Crippen molar-refractivity contribution < 1.29 is 14.3 Å². The van der Waals surface area contributed by atoms with Gasteiger partial charge in [-0.1, -0.05) is 5.21 Å². The topological polar surface area (TPSA) is 92.6 Å². The highest BCUT2D eigenvalue weighted by Gasteiger charge is 2.25. The van der Waals surface area contributed by atoms with Gasteiger partial charge in [0.15, 0.2) is 0 Å². The number of amides is 2. The second-order valence-corrected chi connectivity index (χ2v) is 7.32. The lowest BCUT2D eigenvalue weighted by atomic mass is 10.1. The first kappa shape index (κ1) is 19.2. The number of piperidine rings is 1. The van der Waals surface area contributed by atoms with Crippen LogP contribution < -0.4 is 10.2 Å². The van der Waals surface area contributed by atoms with Crippen LogP contribution in [0.3, 0.4) is 0 Å². The molecular weight excluding hydrogens is 372 g/mol. The fourth-order valence-electron chi connectivity index (χ4n) is 3.89. The van der Waals surface area contributed by atoms with Gasteiger partial charge in [0.25, 0.3) is 0 Å². The van der Waals surface area contributed by atoms with Crippen molar-refractivity contribution in [3.8, 4) is 5.69 Å². The first-order valence-corrected chi connectivity index (χ1v) is 10.1. The summed E-state index contributed by atoms with van der Waals surface area (Å²) in [5, 5.41) is 10.9. The molecule has 2 aliphatic heterocycles. The standard InChI is InChI=1S/C20H26N6O3/c1-2-29-19(27)12-21-20(28)25-13-15-10-16(24-8-4-3-5-9-24)6-7-18(15)26-17(14-25)11-22-23-26/h6-7,10-11H,2-5,8-9,12-14H2,1H3,(H,21,28). The first-order valence-electron chi connectivity index (χ1n) is 10.1. The summed E-state index contributed by atoms with van der Waals surface area (Å²) in [5.74, 6) is -0.449. The smallest absolute Gasteiger partial charge is 0.325 e. The summed E-state index contributed by atoms with van der Waals surface area (Å²) in [7, 11) is 0. The monoisotopic (exact) mass is 398 g/mol. The van der Waals surface area contributed by atoms with Gasteiger partial charge in [-0.25, -0.2) is 9.48 Å². The Labute approximate surface area is 169 Å². The van der Waals surface area contributed by atoms with Crippen molar-refractivity contribution in [3.05, 3.63) is 35.7 Å². The number of nitrogens with zero attached hydrogens (tertiary/aromatic N) is 5. The van der Waals surface area contributed by atoms with Gasteiger partial charge in [0, 0.05) is 18.8 Å². The molecule has 0 unspecified atom stereocenters. The lowest BCUT2D eigenvalue weighted by Gasteiger charge is -2.29. The van der Waals surface area contributed by atoms with Crippen molar-refractivity contribution in [2.45, 2.75) is 39.3 Å². The Morgan fingerprint density at radius 2 is 2.00 bits per heavy atom. The van der Waals surface area contributed by atoms with E-state index in [4.69, 9.17) is 4.74 Å². The zero-order valence-corrected chi connectivity index (χ0v) is 16.6. The molecule has 0 bridgehead atoms. The van der Waals surface area contributed by atoms with Crippen LogP contribution in [-0.4, -0.2) is 58.1 Å². The van der Waals surface area contributed by atoms with Crippen molar-refractivity contribution in [1.82, 2.24) is 25.2 Å². The number of carbonyl (C=O) groups excluding carboxylic acids is 2. The normalized spacial score (nSPS) is 15.9. The summed E-state index contributed by atoms with van der Waals surface area (Å²) >= 11 is 0. The highest BCUT2D eigenvalue weighted by Crippen LogP contribution is 2.29. The highest BCUT2D eigenvalue weighted by molar-refractivity contribution is 5.81. The molecule has 0 spiro atoms. The minimum Gasteiger partial charge on any atom is -0.465 e. The Bertz CT molecular complexity index is 890. The molecule has 0 saturated carbocycles. The molecule has 0 radical (unpaired) electrons. The van der Waals surface area contributed by atoms with Crippen LogP contribution in [0.5, 0.6) is 0 Å². The number of anilines is 1. The van der Waals surface area contributed by atoms with Crippen molar-refractivity contribution >= 4 is 17.7 Å². The van der Waals surface area contributed by atoms with Crippen molar-refractivity contribution in [2.24, 2.45) is 0 Å². The number of hydrogen-bond acceptors (Lipinski definition) is 6. The van der Waals surface area contributed by atoms with Crippen LogP contribution in [0, 0.1) is 0 Å². The summed E-state index contributed by atoms with van der Waals surface area (Å²) in [4.78, 5) is 28.4. The van der Waals surface area contributed by atoms with Gasteiger partial charge in [-0.3, -0.25) is 4.79 Å². The van der Waals surface area contributed by atoms with E-state index in [1.807, 2.05) is 0 Å². The van der Waals surface area contributed by atoms with E-state index in [1.165, 1.54) is 24.9 Å². The molecule has 9 nitrogen and oxygen atoms in total. The fourth-order valence-corrected chi connectivity index (χ4v) is 3.89. The van der Waals surface area contributed by atoms with Gasteiger partial charge in [-0.2, -0.15) is 0 Å². The maximum absolute atomic E-state index is 12.7. The van der Waals surface area contributed by atoms with E-state index < -0.39 is 5.97 Å². The largest absolute Gasteiger partial charge is 0.465 e. The van der Waals surface area contributed by atoms with E-state index in [2.05, 4.69) is 38.7 Å². The SMILES string of the molecule is CCOC(=O)CNC(=O)N1Cc2cc(N3CCCCC3)ccc2-n2nncc2C1. The van der Waals surface area contributed by atoms with Crippen LogP contribution in [0.1, 0.15) is 37.4 Å². The minimum absolute atomic E-state index is 0.151. The number of ether oxygens (including phenoxy) is 1. The predicted molar refractivity (Wildman–Crippen MR) is 107 cm³/mol. The summed E-state index contributed by atoms with van der Waals surface area (Å²) in [6, 6.07) is 5.99. The fraction of sp³-hybridized carbons (Fsp3) is 0.500. The van der Waals surface area contributed by atoms with Crippen LogP contribution in [0.2, 0.25) is 0 Å². The van der Waals surface area contributed by atoms with E-state index >= 15 is 0 Å². The van der Waals surface area contributed by atoms with Crippen molar-refractivity contribution in [2.75, 3.05) is 31.1 Å². The van der Waals surface area contributed by atoms with Crippen LogP contribution in [0.15, 0.2) is 24.4 Å². The van der Waals surface area contributed by atoms with Crippen molar-refractivity contribution in [1.29, 1.82) is 0 Å². The Hall–Kier alpha value is -3.10. The molecule has 2 aliphatic rings. The summed E-state index contributed by atoms with van der Waals surface area (Å²) in [6.07, 6.45) is 5.34. The molecule has 1 fully saturated rings. The van der Waals surface area contributed by atoms with E-state index in [9.17, 15) is 9.59 Å². The number of hydrogen-bond donors (Lipinski definition) is 1. The average molecular weight is 398 g/mol. The number of fused-ring (bicyclic) bond motifs is 3. The van der Waals surface area contributed by atoms with Gasteiger partial charge in [-0.15, -0.1) is 5.10 Å². The molecule has 3 heterocycles. The van der Waals surface area contributed by atoms with E-state index in [1.54, 1.807) is 22.7 Å². The molecule has 29 heavy (non-hydrogen) atoms. The molecule has 1 aromatic carbocycles. The maximum Gasteiger partial charge on any atom is 0.325 e. The summed E-state index contributed by atoms with van der Waals surface area (Å²) < 4.78 is 6.67. The number of benzene rings is 1. The molecule has 9 heteroatoms. The molecule has 1 aromatic heterocycles. The lowest BCUT2D eigenvalue weighted by Crippen LogP contribution is -2.41. The highest BCUT2D eigenvalue weighted by atomic mass is 16.5.